The van der Waals surface area contributed by atoms with E-state index in [-0.39, 0.29) is 0 Å². The lowest BCUT2D eigenvalue weighted by atomic mass is 10.4. The van der Waals surface area contributed by atoms with Gasteiger partial charge in [0.2, 0.25) is 0 Å². The van der Waals surface area contributed by atoms with Crippen LogP contribution in [0.3, 0.4) is 0 Å². The Morgan fingerprint density at radius 3 is 2.20 bits per heavy atom. The first-order chi connectivity index (χ1) is 4.79. The highest BCUT2D eigenvalue weighted by Crippen LogP contribution is 2.01. The summed E-state index contributed by atoms with van der Waals surface area (Å²) >= 11 is 0. The number of nitrogens with two attached hydrogens (primary N) is 2. The average Bonchev–Trinajstić information content (AvgIpc) is 1.91. The van der Waals surface area contributed by atoms with E-state index in [0.717, 1.165) is 0 Å². The number of rotatable bonds is 0. The molecular weight excluding hydrogens is 126 g/mol. The molecule has 1 aromatic heterocycles. The normalized spacial score (nSPS) is 7.80. The molecule has 0 atom stereocenters. The van der Waals surface area contributed by atoms with Crippen LogP contribution >= 0.6 is 0 Å². The van der Waals surface area contributed by atoms with Gasteiger partial charge in [0.1, 0.15) is 5.82 Å². The maximum atomic E-state index is 5.34. The third kappa shape index (κ3) is 2.91. The van der Waals surface area contributed by atoms with Crippen molar-refractivity contribution in [3.05, 3.63) is 18.3 Å². The van der Waals surface area contributed by atoms with Crippen molar-refractivity contribution in [2.24, 2.45) is 0 Å². The summed E-state index contributed by atoms with van der Waals surface area (Å²) in [7, 11) is 0. The van der Waals surface area contributed by atoms with Crippen LogP contribution < -0.4 is 11.5 Å². The van der Waals surface area contributed by atoms with Gasteiger partial charge in [-0.25, -0.2) is 4.98 Å². The monoisotopic (exact) mass is 139 g/mol. The fourth-order valence-electron chi connectivity index (χ4n) is 0.466. The first-order valence-corrected chi connectivity index (χ1v) is 3.26. The van der Waals surface area contributed by atoms with E-state index >= 15 is 0 Å². The van der Waals surface area contributed by atoms with Crippen LogP contribution in [0.1, 0.15) is 13.8 Å². The summed E-state index contributed by atoms with van der Waals surface area (Å²) < 4.78 is 0. The summed E-state index contributed by atoms with van der Waals surface area (Å²) in [5, 5.41) is 0. The van der Waals surface area contributed by atoms with Gasteiger partial charge >= 0.3 is 0 Å². The van der Waals surface area contributed by atoms with Crippen molar-refractivity contribution in [3.8, 4) is 0 Å². The van der Waals surface area contributed by atoms with Gasteiger partial charge in [0.05, 0.1) is 0 Å². The molecule has 0 aromatic carbocycles. The van der Waals surface area contributed by atoms with Gasteiger partial charge in [-0.1, -0.05) is 13.8 Å². The largest absolute Gasteiger partial charge is 0.399 e. The summed E-state index contributed by atoms with van der Waals surface area (Å²) in [5.74, 6) is 0.463. The molecular formula is C7H13N3. The van der Waals surface area contributed by atoms with Crippen LogP contribution in [0, 0.1) is 0 Å². The number of aromatic nitrogens is 1. The van der Waals surface area contributed by atoms with Gasteiger partial charge in [-0.05, 0) is 6.07 Å². The summed E-state index contributed by atoms with van der Waals surface area (Å²) in [5.41, 5.74) is 11.3. The third-order valence-corrected chi connectivity index (χ3v) is 0.805. The highest BCUT2D eigenvalue weighted by molar-refractivity contribution is 5.45. The predicted molar refractivity (Wildman–Crippen MR) is 44.4 cm³/mol. The Bertz CT molecular complexity index is 169. The molecule has 4 N–H and O–H groups in total. The number of nitrogen functional groups attached to an aromatic ring is 2. The minimum atomic E-state index is 0.463. The Hall–Kier alpha value is -1.25. The van der Waals surface area contributed by atoms with E-state index in [0.29, 0.717) is 11.5 Å². The smallest absolute Gasteiger partial charge is 0.125 e. The molecule has 0 saturated heterocycles. The summed E-state index contributed by atoms with van der Waals surface area (Å²) in [6.07, 6.45) is 1.57. The fraction of sp³-hybridized carbons (Fsp3) is 0.286. The van der Waals surface area contributed by atoms with Gasteiger partial charge in [-0.15, -0.1) is 0 Å². The molecule has 3 heteroatoms. The molecule has 0 unspecified atom stereocenters. The molecule has 0 spiro atoms. The maximum Gasteiger partial charge on any atom is 0.125 e. The molecule has 10 heavy (non-hydrogen) atoms. The molecule has 3 nitrogen and oxygen atoms in total. The van der Waals surface area contributed by atoms with Crippen molar-refractivity contribution in [2.45, 2.75) is 13.8 Å². The molecule has 1 heterocycles. The minimum absolute atomic E-state index is 0.463. The van der Waals surface area contributed by atoms with Gasteiger partial charge in [0, 0.05) is 18.0 Å². The second-order valence-corrected chi connectivity index (χ2v) is 1.51. The van der Waals surface area contributed by atoms with Crippen LogP contribution in [0.4, 0.5) is 11.5 Å². The second kappa shape index (κ2) is 4.61. The van der Waals surface area contributed by atoms with Crippen LogP contribution in [0.5, 0.6) is 0 Å². The summed E-state index contributed by atoms with van der Waals surface area (Å²) in [6, 6.07) is 3.30. The van der Waals surface area contributed by atoms with E-state index in [1.54, 1.807) is 18.3 Å². The van der Waals surface area contributed by atoms with Crippen LogP contribution in [-0.4, -0.2) is 4.98 Å². The van der Waals surface area contributed by atoms with E-state index in [4.69, 9.17) is 11.5 Å². The van der Waals surface area contributed by atoms with Crippen molar-refractivity contribution in [1.29, 1.82) is 0 Å². The molecule has 0 bridgehead atoms. The predicted octanol–water partition coefficient (Wildman–Crippen LogP) is 1.27. The van der Waals surface area contributed by atoms with E-state index in [2.05, 4.69) is 4.98 Å². The zero-order chi connectivity index (χ0) is 7.98. The second-order valence-electron chi connectivity index (χ2n) is 1.51. The van der Waals surface area contributed by atoms with Crippen molar-refractivity contribution in [3.63, 3.8) is 0 Å². The Morgan fingerprint density at radius 2 is 1.90 bits per heavy atom. The molecule has 0 aliphatic rings. The molecule has 1 rings (SSSR count). The zero-order valence-electron chi connectivity index (χ0n) is 6.33. The fourth-order valence-corrected chi connectivity index (χ4v) is 0.466. The van der Waals surface area contributed by atoms with Crippen molar-refractivity contribution < 1.29 is 0 Å². The number of nitrogens with zero attached hydrogens (tertiary/aromatic N) is 1. The van der Waals surface area contributed by atoms with Crippen molar-refractivity contribution >= 4 is 11.5 Å². The van der Waals surface area contributed by atoms with E-state index in [1.165, 1.54) is 0 Å². The average molecular weight is 139 g/mol. The molecule has 0 amide bonds. The lowest BCUT2D eigenvalue weighted by molar-refractivity contribution is 1.34. The highest BCUT2D eigenvalue weighted by atomic mass is 14.8. The van der Waals surface area contributed by atoms with Gasteiger partial charge < -0.3 is 11.5 Å². The molecule has 0 saturated carbocycles. The molecule has 0 radical (unpaired) electrons. The molecule has 0 aliphatic carbocycles. The molecule has 56 valence electrons. The SMILES string of the molecule is CC.Nc1ccnc(N)c1. The van der Waals surface area contributed by atoms with Crippen LogP contribution in [-0.2, 0) is 0 Å². The first kappa shape index (κ1) is 8.75. The Kier molecular flexibility index (Phi) is 4.04. The van der Waals surface area contributed by atoms with Crippen LogP contribution in [0.2, 0.25) is 0 Å². The van der Waals surface area contributed by atoms with Gasteiger partial charge in [0.15, 0.2) is 0 Å². The molecule has 0 aliphatic heterocycles. The number of hydrogen-bond donors (Lipinski definition) is 2. The minimum Gasteiger partial charge on any atom is -0.399 e. The maximum absolute atomic E-state index is 5.34. The van der Waals surface area contributed by atoms with Crippen molar-refractivity contribution in [2.75, 3.05) is 11.5 Å². The quantitative estimate of drug-likeness (QED) is 0.569. The highest BCUT2D eigenvalue weighted by Gasteiger charge is 1.83. The first-order valence-electron chi connectivity index (χ1n) is 3.26. The summed E-state index contributed by atoms with van der Waals surface area (Å²) in [6.45, 7) is 4.00. The van der Waals surface area contributed by atoms with Crippen LogP contribution in [0.25, 0.3) is 0 Å². The topological polar surface area (TPSA) is 64.9 Å². The molecule has 1 aromatic rings. The number of pyridine rings is 1. The van der Waals surface area contributed by atoms with Crippen LogP contribution in [0.15, 0.2) is 18.3 Å². The van der Waals surface area contributed by atoms with E-state index in [1.807, 2.05) is 13.8 Å². The Morgan fingerprint density at radius 1 is 1.30 bits per heavy atom. The number of hydrogen-bond acceptors (Lipinski definition) is 3. The summed E-state index contributed by atoms with van der Waals surface area (Å²) in [4.78, 5) is 3.74. The lowest BCUT2D eigenvalue weighted by Crippen LogP contribution is -1.91. The van der Waals surface area contributed by atoms with Crippen molar-refractivity contribution in [1.82, 2.24) is 4.98 Å². The molecule has 0 fully saturated rings. The number of anilines is 2. The van der Waals surface area contributed by atoms with Gasteiger partial charge in [-0.2, -0.15) is 0 Å². The van der Waals surface area contributed by atoms with Gasteiger partial charge in [0.25, 0.3) is 0 Å². The van der Waals surface area contributed by atoms with Gasteiger partial charge in [-0.3, -0.25) is 0 Å². The zero-order valence-corrected chi connectivity index (χ0v) is 6.33. The Labute approximate surface area is 61.1 Å². The standard InChI is InChI=1S/C5H7N3.C2H6/c6-4-1-2-8-5(7)3-4;1-2/h1-3H,(H4,6,7,8);1-2H3. The lowest BCUT2D eigenvalue weighted by Gasteiger charge is -1.90. The third-order valence-electron chi connectivity index (χ3n) is 0.805. The van der Waals surface area contributed by atoms with E-state index < -0.39 is 0 Å². The van der Waals surface area contributed by atoms with E-state index in [9.17, 15) is 0 Å². The Balaban J connectivity index is 0.000000371.